The molecule has 5 nitrogen and oxygen atoms in total. The van der Waals surface area contributed by atoms with Gasteiger partial charge in [0.2, 0.25) is 11.4 Å². The second-order valence-corrected chi connectivity index (χ2v) is 9.62. The van der Waals surface area contributed by atoms with Crippen molar-refractivity contribution in [2.24, 2.45) is 0 Å². The predicted molar refractivity (Wildman–Crippen MR) is 164 cm³/mol. The number of rotatable bonds is 3. The minimum Gasteiger partial charge on any atom is -0.495 e. The van der Waals surface area contributed by atoms with Crippen LogP contribution in [0.3, 0.4) is 0 Å². The van der Waals surface area contributed by atoms with E-state index >= 15 is 0 Å². The van der Waals surface area contributed by atoms with Crippen molar-refractivity contribution in [3.05, 3.63) is 145 Å². The van der Waals surface area contributed by atoms with Crippen LogP contribution in [0, 0.1) is 19.1 Å². The summed E-state index contributed by atoms with van der Waals surface area (Å²) in [4.78, 5) is 8.68. The van der Waals surface area contributed by atoms with Crippen LogP contribution >= 0.6 is 0 Å². The van der Waals surface area contributed by atoms with Crippen molar-refractivity contribution < 1.29 is 24.5 Å². The van der Waals surface area contributed by atoms with Gasteiger partial charge in [0.25, 0.3) is 11.4 Å². The fraction of sp³-hybridized carbons (Fsp3) is 0.0278. The Balaban J connectivity index is 0.000000191. The van der Waals surface area contributed by atoms with Gasteiger partial charge in [-0.05, 0) is 34.9 Å². The zero-order valence-electron chi connectivity index (χ0n) is 22.7. The number of pyridine rings is 2. The van der Waals surface area contributed by atoms with Crippen molar-refractivity contribution in [2.75, 3.05) is 0 Å². The van der Waals surface area contributed by atoms with Crippen molar-refractivity contribution in [3.8, 4) is 11.3 Å². The van der Waals surface area contributed by atoms with Crippen LogP contribution in [0.2, 0.25) is 0 Å². The molecule has 0 fully saturated rings. The van der Waals surface area contributed by atoms with E-state index in [1.807, 2.05) is 103 Å². The minimum absolute atomic E-state index is 0. The Morgan fingerprint density at radius 2 is 1.48 bits per heavy atom. The third kappa shape index (κ3) is 5.11. The zero-order valence-corrected chi connectivity index (χ0v) is 25.0. The molecule has 0 aliphatic carbocycles. The first-order valence-corrected chi connectivity index (χ1v) is 13.3. The summed E-state index contributed by atoms with van der Waals surface area (Å²) in [5.41, 5.74) is 8.56. The number of fused-ring (bicyclic) bond motifs is 4. The van der Waals surface area contributed by atoms with Crippen LogP contribution in [0.15, 0.2) is 132 Å². The van der Waals surface area contributed by atoms with E-state index in [1.54, 1.807) is 6.20 Å². The average Bonchev–Trinajstić information content (AvgIpc) is 3.62. The van der Waals surface area contributed by atoms with Crippen molar-refractivity contribution in [1.29, 1.82) is 0 Å². The molecule has 4 aromatic carbocycles. The van der Waals surface area contributed by atoms with E-state index in [1.165, 1.54) is 5.56 Å². The molecule has 1 radical (unpaired) electrons. The molecule has 0 amide bonds. The maximum absolute atomic E-state index is 6.11. The van der Waals surface area contributed by atoms with E-state index in [-0.39, 0.29) is 20.1 Å². The number of nitrogens with zero attached hydrogens (tertiary/aromatic N) is 4. The standard InChI is InChI=1S/C24H14N3O.C12H10N.Ir/c1-2-8-17(9-3-1)26-16-27(21-13-5-4-12-20(21)26)22-14-6-10-18-19-11-7-15-25-24(19)28-23(18)22;1-10-7-8-12(13-9-10)11-5-3-2-4-6-11;/h1-13,15H;2-5,7-9H,1H3;/q+1;-1;. The van der Waals surface area contributed by atoms with E-state index < -0.39 is 0 Å². The molecule has 42 heavy (non-hydrogen) atoms. The summed E-state index contributed by atoms with van der Waals surface area (Å²) in [5, 5.41) is 2.02. The topological polar surface area (TPSA) is 44.9 Å². The first-order valence-electron chi connectivity index (χ1n) is 13.3. The molecule has 0 spiro atoms. The number of benzene rings is 4. The molecule has 0 saturated carbocycles. The Morgan fingerprint density at radius 1 is 0.690 bits per heavy atom. The van der Waals surface area contributed by atoms with Gasteiger partial charge < -0.3 is 9.40 Å². The second kappa shape index (κ2) is 11.9. The van der Waals surface area contributed by atoms with Crippen LogP contribution in [-0.4, -0.2) is 16.0 Å². The van der Waals surface area contributed by atoms with E-state index in [2.05, 4.69) is 63.0 Å². The van der Waals surface area contributed by atoms with Crippen LogP contribution in [0.25, 0.3) is 33.3 Å². The minimum atomic E-state index is 0. The molecular formula is C36H24IrN4O. The molecule has 0 unspecified atom stereocenters. The summed E-state index contributed by atoms with van der Waals surface area (Å²) in [7, 11) is 0. The smallest absolute Gasteiger partial charge is 0.495 e. The number of para-hydroxylation sites is 3. The third-order valence-corrected chi connectivity index (χ3v) is 6.89. The van der Waals surface area contributed by atoms with Crippen LogP contribution in [0.1, 0.15) is 5.56 Å². The molecule has 0 atom stereocenters. The van der Waals surface area contributed by atoms with E-state index in [0.717, 1.165) is 50.4 Å². The summed E-state index contributed by atoms with van der Waals surface area (Å²) in [6.07, 6.45) is 3.62. The van der Waals surface area contributed by atoms with Crippen LogP contribution in [0.4, 0.5) is 22.7 Å². The number of hydrogen-bond donors (Lipinski definition) is 0. The molecule has 3 aromatic heterocycles. The monoisotopic (exact) mass is 721 g/mol. The van der Waals surface area contributed by atoms with Gasteiger partial charge in [0.15, 0.2) is 5.69 Å². The average molecular weight is 721 g/mol. The van der Waals surface area contributed by atoms with E-state index in [0.29, 0.717) is 5.71 Å². The van der Waals surface area contributed by atoms with E-state index in [9.17, 15) is 0 Å². The fourth-order valence-corrected chi connectivity index (χ4v) is 4.90. The summed E-state index contributed by atoms with van der Waals surface area (Å²) in [5.74, 6) is 0. The second-order valence-electron chi connectivity index (χ2n) is 9.62. The fourth-order valence-electron chi connectivity index (χ4n) is 4.90. The van der Waals surface area contributed by atoms with Crippen molar-refractivity contribution in [1.82, 2.24) is 19.1 Å². The Kier molecular flexibility index (Phi) is 7.68. The molecular weight excluding hydrogens is 697 g/mol. The molecule has 0 saturated heterocycles. The summed E-state index contributed by atoms with van der Waals surface area (Å²) in [6, 6.07) is 48.2. The van der Waals surface area contributed by atoms with Gasteiger partial charge in [0.1, 0.15) is 0 Å². The molecule has 4 heterocycles. The SMILES string of the molecule is C1=[N+](c2ccccc2)c2ccccc2[N+]=1c1[c-]ccc2c1oc1ncccc12.Cc1ccc(-c2[c-]cccc2)nc1.[Ir]. The van der Waals surface area contributed by atoms with E-state index in [4.69, 9.17) is 4.42 Å². The Hall–Kier alpha value is -4.99. The molecule has 203 valence electrons. The molecule has 6 heteroatoms. The summed E-state index contributed by atoms with van der Waals surface area (Å²) in [6.45, 7) is 2.03. The number of aromatic nitrogens is 2. The Morgan fingerprint density at radius 3 is 2.24 bits per heavy atom. The Labute approximate surface area is 257 Å². The summed E-state index contributed by atoms with van der Waals surface area (Å²) < 4.78 is 10.2. The zero-order chi connectivity index (χ0) is 27.6. The molecule has 7 aromatic rings. The van der Waals surface area contributed by atoms with Gasteiger partial charge >= 0.3 is 6.01 Å². The van der Waals surface area contributed by atoms with Crippen molar-refractivity contribution >= 4 is 50.8 Å². The van der Waals surface area contributed by atoms with Gasteiger partial charge in [-0.2, -0.15) is 12.1 Å². The van der Waals surface area contributed by atoms with Crippen LogP contribution in [-0.2, 0) is 20.1 Å². The molecule has 1 aliphatic heterocycles. The summed E-state index contributed by atoms with van der Waals surface area (Å²) >= 11 is 0. The van der Waals surface area contributed by atoms with Crippen LogP contribution in [0.5, 0.6) is 0 Å². The number of aryl methyl sites for hydroxylation is 1. The maximum atomic E-state index is 6.11. The first kappa shape index (κ1) is 27.2. The predicted octanol–water partition coefficient (Wildman–Crippen LogP) is 8.49. The largest absolute Gasteiger partial charge is 0.501 e. The van der Waals surface area contributed by atoms with Gasteiger partial charge in [-0.3, -0.25) is 0 Å². The molecule has 0 N–H and O–H groups in total. The van der Waals surface area contributed by atoms with Gasteiger partial charge in [0, 0.05) is 62.2 Å². The van der Waals surface area contributed by atoms with Gasteiger partial charge in [-0.1, -0.05) is 52.4 Å². The quantitative estimate of drug-likeness (QED) is 0.136. The van der Waals surface area contributed by atoms with Gasteiger partial charge in [-0.15, -0.1) is 42.0 Å². The third-order valence-electron chi connectivity index (χ3n) is 6.89. The van der Waals surface area contributed by atoms with Crippen molar-refractivity contribution in [3.63, 3.8) is 0 Å². The maximum Gasteiger partial charge on any atom is 0.501 e. The van der Waals surface area contributed by atoms with Gasteiger partial charge in [0.05, 0.1) is 5.58 Å². The molecule has 0 bridgehead atoms. The van der Waals surface area contributed by atoms with Gasteiger partial charge in [-0.25, -0.2) is 4.98 Å². The normalized spacial score (nSPS) is 11.6. The number of hydrogen-bond acceptors (Lipinski definition) is 3. The Bertz CT molecular complexity index is 2080. The van der Waals surface area contributed by atoms with Crippen LogP contribution < -0.4 is 9.15 Å². The molecule has 1 aliphatic rings. The number of furan rings is 1. The molecule has 8 rings (SSSR count). The van der Waals surface area contributed by atoms with Crippen molar-refractivity contribution in [2.45, 2.75) is 6.92 Å². The first-order chi connectivity index (χ1) is 20.3.